The number of aryl methyl sites for hydroxylation is 2. The van der Waals surface area contributed by atoms with Crippen molar-refractivity contribution < 1.29 is 31.1 Å². The minimum Gasteiger partial charge on any atom is -0.373 e. The van der Waals surface area contributed by atoms with Crippen LogP contribution in [0.15, 0.2) is 42.5 Å². The fraction of sp³-hybridized carbons (Fsp3) is 0.467. The molecule has 3 heterocycles. The first-order valence-electron chi connectivity index (χ1n) is 14.2. The topological polar surface area (TPSA) is 72.2 Å². The summed E-state index contributed by atoms with van der Waals surface area (Å²) in [6, 6.07) is 9.27. The lowest BCUT2D eigenvalue weighted by molar-refractivity contribution is -0.143. The van der Waals surface area contributed by atoms with E-state index in [9.17, 15) is 26.3 Å². The van der Waals surface area contributed by atoms with Crippen LogP contribution in [0.25, 0.3) is 10.9 Å². The number of rotatable bonds is 9. The second-order valence-electron chi connectivity index (χ2n) is 11.4. The molecule has 0 aliphatic carbocycles. The van der Waals surface area contributed by atoms with Crippen LogP contribution in [-0.2, 0) is 37.2 Å². The molecule has 2 aromatic carbocycles. The SMILES string of the molecule is CCN(C[C@]1(C)CCCO1)c1nc2c(C)cccc2cc1CN(Cc1cc(C(F)(F)F)cc(C(F)(F)F)c1)c1nnn(C)n1. The highest BCUT2D eigenvalue weighted by Crippen LogP contribution is 2.37. The van der Waals surface area contributed by atoms with Gasteiger partial charge in [-0.05, 0) is 74.2 Å². The normalized spacial score (nSPS) is 17.4. The molecule has 1 aliphatic heterocycles. The second-order valence-corrected chi connectivity index (χ2v) is 11.4. The maximum Gasteiger partial charge on any atom is 0.416 e. The number of halogens is 6. The molecular formula is C30H33F6N7O. The monoisotopic (exact) mass is 621 g/mol. The van der Waals surface area contributed by atoms with Crippen molar-refractivity contribution in [3.8, 4) is 0 Å². The number of hydrogen-bond donors (Lipinski definition) is 0. The van der Waals surface area contributed by atoms with Gasteiger partial charge < -0.3 is 14.5 Å². The number of tetrazole rings is 1. The molecule has 0 amide bonds. The maximum absolute atomic E-state index is 13.7. The van der Waals surface area contributed by atoms with Gasteiger partial charge in [-0.15, -0.1) is 5.10 Å². The van der Waals surface area contributed by atoms with E-state index in [1.807, 2.05) is 38.1 Å². The lowest BCUT2D eigenvalue weighted by Gasteiger charge is -2.34. The third kappa shape index (κ3) is 6.90. The average molecular weight is 622 g/mol. The zero-order chi connectivity index (χ0) is 31.9. The molecular weight excluding hydrogens is 588 g/mol. The number of fused-ring (bicyclic) bond motifs is 1. The number of anilines is 2. The molecule has 1 saturated heterocycles. The second kappa shape index (κ2) is 11.9. The standard InChI is InChI=1S/C30H33F6N7O/c1-5-42(18-28(3)10-7-11-44-28)26-22(14-21-9-6-8-19(2)25(21)37-26)17-43(27-38-40-41(4)39-27)16-20-12-23(29(31,32)33)15-24(13-20)30(34,35)36/h6,8-9,12-15H,5,7,10-11,16-18H2,1-4H3/t28-/m0/s1. The van der Waals surface area contributed by atoms with Crippen LogP contribution in [0.4, 0.5) is 38.1 Å². The van der Waals surface area contributed by atoms with Crippen molar-refractivity contribution in [2.24, 2.45) is 7.05 Å². The van der Waals surface area contributed by atoms with Crippen LogP contribution in [0.2, 0.25) is 0 Å². The lowest BCUT2D eigenvalue weighted by Crippen LogP contribution is -2.41. The smallest absolute Gasteiger partial charge is 0.373 e. The number of ether oxygens (including phenoxy) is 1. The highest BCUT2D eigenvalue weighted by atomic mass is 19.4. The molecule has 0 spiro atoms. The lowest BCUT2D eigenvalue weighted by atomic mass is 10.0. The summed E-state index contributed by atoms with van der Waals surface area (Å²) in [5, 5.41) is 13.0. The molecule has 236 valence electrons. The Labute approximate surface area is 250 Å². The highest BCUT2D eigenvalue weighted by Gasteiger charge is 2.37. The molecule has 14 heteroatoms. The number of nitrogens with zero attached hydrogens (tertiary/aromatic N) is 7. The number of benzene rings is 2. The first kappa shape index (κ1) is 31.5. The molecule has 2 aromatic heterocycles. The van der Waals surface area contributed by atoms with Gasteiger partial charge in [-0.1, -0.05) is 23.3 Å². The molecule has 0 bridgehead atoms. The van der Waals surface area contributed by atoms with Crippen LogP contribution in [-0.4, -0.2) is 50.5 Å². The summed E-state index contributed by atoms with van der Waals surface area (Å²) in [5.74, 6) is 0.683. The van der Waals surface area contributed by atoms with Gasteiger partial charge in [0.15, 0.2) is 0 Å². The van der Waals surface area contributed by atoms with E-state index >= 15 is 0 Å². The molecule has 0 saturated carbocycles. The molecule has 1 fully saturated rings. The maximum atomic E-state index is 13.7. The Balaban J connectivity index is 1.61. The van der Waals surface area contributed by atoms with Gasteiger partial charge in [0.25, 0.3) is 5.95 Å². The van der Waals surface area contributed by atoms with Gasteiger partial charge in [0.05, 0.1) is 29.3 Å². The van der Waals surface area contributed by atoms with Crippen LogP contribution >= 0.6 is 0 Å². The minimum absolute atomic E-state index is 0.0313. The summed E-state index contributed by atoms with van der Waals surface area (Å²) in [6.45, 7) is 7.48. The molecule has 5 rings (SSSR count). The van der Waals surface area contributed by atoms with Crippen molar-refractivity contribution in [1.29, 1.82) is 0 Å². The van der Waals surface area contributed by atoms with Crippen LogP contribution in [0.3, 0.4) is 0 Å². The van der Waals surface area contributed by atoms with E-state index in [-0.39, 0.29) is 30.7 Å². The third-order valence-corrected chi connectivity index (χ3v) is 7.77. The number of hydrogen-bond acceptors (Lipinski definition) is 7. The predicted octanol–water partition coefficient (Wildman–Crippen LogP) is 6.71. The van der Waals surface area contributed by atoms with Gasteiger partial charge in [0, 0.05) is 43.7 Å². The summed E-state index contributed by atoms with van der Waals surface area (Å²) in [7, 11) is 1.52. The Hall–Kier alpha value is -3.94. The van der Waals surface area contributed by atoms with Gasteiger partial charge in [-0.25, -0.2) is 4.98 Å². The Morgan fingerprint density at radius 3 is 2.25 bits per heavy atom. The summed E-state index contributed by atoms with van der Waals surface area (Å²) < 4.78 is 88.0. The fourth-order valence-electron chi connectivity index (χ4n) is 5.61. The van der Waals surface area contributed by atoms with Gasteiger partial charge in [-0.2, -0.15) is 31.1 Å². The van der Waals surface area contributed by atoms with Gasteiger partial charge in [-0.3, -0.25) is 0 Å². The molecule has 0 unspecified atom stereocenters. The van der Waals surface area contributed by atoms with Crippen LogP contribution < -0.4 is 9.80 Å². The first-order valence-corrected chi connectivity index (χ1v) is 14.2. The Morgan fingerprint density at radius 1 is 0.977 bits per heavy atom. The summed E-state index contributed by atoms with van der Waals surface area (Å²) in [4.78, 5) is 9.84. The van der Waals surface area contributed by atoms with Crippen molar-refractivity contribution in [2.75, 3.05) is 29.5 Å². The van der Waals surface area contributed by atoms with Gasteiger partial charge in [0.1, 0.15) is 5.82 Å². The molecule has 1 aliphatic rings. The van der Waals surface area contributed by atoms with E-state index in [4.69, 9.17) is 9.72 Å². The Kier molecular flexibility index (Phi) is 8.49. The van der Waals surface area contributed by atoms with E-state index in [0.717, 1.165) is 41.4 Å². The summed E-state index contributed by atoms with van der Waals surface area (Å²) in [5.41, 5.74) is -0.926. The van der Waals surface area contributed by atoms with Gasteiger partial charge >= 0.3 is 12.4 Å². The Bertz CT molecular complexity index is 1600. The molecule has 0 N–H and O–H groups in total. The van der Waals surface area contributed by atoms with E-state index in [1.54, 1.807) is 0 Å². The van der Waals surface area contributed by atoms with E-state index in [1.165, 1.54) is 16.7 Å². The third-order valence-electron chi connectivity index (χ3n) is 7.77. The van der Waals surface area contributed by atoms with Crippen molar-refractivity contribution in [3.63, 3.8) is 0 Å². The molecule has 0 radical (unpaired) electrons. The van der Waals surface area contributed by atoms with Gasteiger partial charge in [0.2, 0.25) is 0 Å². The number of alkyl halides is 6. The first-order chi connectivity index (χ1) is 20.6. The molecule has 44 heavy (non-hydrogen) atoms. The fourth-order valence-corrected chi connectivity index (χ4v) is 5.61. The number of para-hydroxylation sites is 1. The number of likely N-dealkylation sites (N-methyl/N-ethyl adjacent to an activating group) is 1. The minimum atomic E-state index is -4.97. The predicted molar refractivity (Wildman–Crippen MR) is 153 cm³/mol. The largest absolute Gasteiger partial charge is 0.416 e. The zero-order valence-corrected chi connectivity index (χ0v) is 24.8. The average Bonchev–Trinajstić information content (AvgIpc) is 3.58. The van der Waals surface area contributed by atoms with Crippen molar-refractivity contribution >= 4 is 22.7 Å². The van der Waals surface area contributed by atoms with Crippen LogP contribution in [0.5, 0.6) is 0 Å². The van der Waals surface area contributed by atoms with E-state index < -0.39 is 29.1 Å². The molecule has 8 nitrogen and oxygen atoms in total. The summed E-state index contributed by atoms with van der Waals surface area (Å²) in [6.07, 6.45) is -8.13. The quantitative estimate of drug-likeness (QED) is 0.193. The van der Waals surface area contributed by atoms with Crippen molar-refractivity contribution in [2.45, 2.75) is 64.7 Å². The summed E-state index contributed by atoms with van der Waals surface area (Å²) >= 11 is 0. The van der Waals surface area contributed by atoms with Crippen LogP contribution in [0, 0.1) is 6.92 Å². The van der Waals surface area contributed by atoms with Crippen LogP contribution in [0.1, 0.15) is 54.5 Å². The number of pyridine rings is 1. The Morgan fingerprint density at radius 2 is 1.68 bits per heavy atom. The number of aromatic nitrogens is 5. The van der Waals surface area contributed by atoms with Crippen molar-refractivity contribution in [3.05, 3.63) is 70.3 Å². The highest BCUT2D eigenvalue weighted by molar-refractivity contribution is 5.84. The molecule has 4 aromatic rings. The zero-order valence-electron chi connectivity index (χ0n) is 24.8. The van der Waals surface area contributed by atoms with E-state index in [2.05, 4.69) is 27.2 Å². The van der Waals surface area contributed by atoms with Crippen molar-refractivity contribution in [1.82, 2.24) is 25.2 Å². The molecule has 1 atom stereocenters. The van der Waals surface area contributed by atoms with E-state index in [0.29, 0.717) is 31.1 Å².